The molecule has 2 heterocycles. The minimum Gasteiger partial charge on any atom is -0.461 e. The Morgan fingerprint density at radius 1 is 1.24 bits per heavy atom. The number of nitrogens with zero attached hydrogens (tertiary/aromatic N) is 3. The first-order valence-corrected chi connectivity index (χ1v) is 6.77. The second kappa shape index (κ2) is 5.36. The Morgan fingerprint density at radius 3 is 2.71 bits per heavy atom. The van der Waals surface area contributed by atoms with E-state index in [2.05, 4.69) is 9.97 Å². The summed E-state index contributed by atoms with van der Waals surface area (Å²) in [6, 6.07) is 10.1. The summed E-state index contributed by atoms with van der Waals surface area (Å²) >= 11 is 0. The Hall–Kier alpha value is -2.69. The van der Waals surface area contributed by atoms with Gasteiger partial charge in [0.05, 0.1) is 12.3 Å². The average molecular weight is 281 g/mol. The van der Waals surface area contributed by atoms with Crippen molar-refractivity contribution in [3.05, 3.63) is 54.0 Å². The van der Waals surface area contributed by atoms with Gasteiger partial charge in [-0.2, -0.15) is 0 Å². The van der Waals surface area contributed by atoms with Crippen LogP contribution in [-0.2, 0) is 4.74 Å². The fraction of sp³-hybridized carbons (Fsp3) is 0.188. The van der Waals surface area contributed by atoms with Crippen LogP contribution in [0, 0.1) is 6.92 Å². The van der Waals surface area contributed by atoms with Gasteiger partial charge in [0, 0.05) is 12.4 Å². The van der Waals surface area contributed by atoms with Crippen molar-refractivity contribution >= 4 is 11.7 Å². The van der Waals surface area contributed by atoms with E-state index in [-0.39, 0.29) is 5.69 Å². The highest BCUT2D eigenvalue weighted by molar-refractivity contribution is 5.88. The smallest absolute Gasteiger partial charge is 0.358 e. The molecule has 3 aromatic rings. The van der Waals surface area contributed by atoms with Crippen LogP contribution in [-0.4, -0.2) is 26.9 Å². The number of imidazole rings is 1. The standard InChI is InChI=1S/C16H15N3O2/c1-3-21-15(20)13-10-19-14(8-9-17-16(19)18-13)12-6-4-11(2)5-7-12/h4-10H,3H2,1-2H3. The Bertz CT molecular complexity index is 791. The number of aryl methyl sites for hydroxylation is 1. The summed E-state index contributed by atoms with van der Waals surface area (Å²) < 4.78 is 6.78. The van der Waals surface area contributed by atoms with Crippen molar-refractivity contribution in [2.45, 2.75) is 13.8 Å². The lowest BCUT2D eigenvalue weighted by Crippen LogP contribution is -2.04. The Kier molecular flexibility index (Phi) is 3.39. The van der Waals surface area contributed by atoms with Crippen molar-refractivity contribution in [2.24, 2.45) is 0 Å². The molecule has 5 nitrogen and oxygen atoms in total. The van der Waals surface area contributed by atoms with E-state index in [1.54, 1.807) is 23.7 Å². The molecule has 0 saturated heterocycles. The van der Waals surface area contributed by atoms with Crippen LogP contribution < -0.4 is 0 Å². The molecular formula is C16H15N3O2. The second-order valence-electron chi connectivity index (χ2n) is 4.71. The zero-order valence-corrected chi connectivity index (χ0v) is 11.9. The molecular weight excluding hydrogens is 266 g/mol. The number of aromatic nitrogens is 3. The molecule has 0 aliphatic rings. The molecule has 0 fully saturated rings. The summed E-state index contributed by atoms with van der Waals surface area (Å²) in [7, 11) is 0. The highest BCUT2D eigenvalue weighted by atomic mass is 16.5. The third-order valence-corrected chi connectivity index (χ3v) is 3.20. The van der Waals surface area contributed by atoms with Gasteiger partial charge in [-0.1, -0.05) is 29.8 Å². The number of esters is 1. The summed E-state index contributed by atoms with van der Waals surface area (Å²) in [4.78, 5) is 20.2. The fourth-order valence-electron chi connectivity index (χ4n) is 2.16. The number of benzene rings is 1. The first-order chi connectivity index (χ1) is 10.2. The molecule has 0 N–H and O–H groups in total. The number of fused-ring (bicyclic) bond motifs is 1. The second-order valence-corrected chi connectivity index (χ2v) is 4.71. The maximum atomic E-state index is 11.8. The fourth-order valence-corrected chi connectivity index (χ4v) is 2.16. The predicted molar refractivity (Wildman–Crippen MR) is 79.1 cm³/mol. The van der Waals surface area contributed by atoms with Crippen LogP contribution in [0.25, 0.3) is 17.0 Å². The van der Waals surface area contributed by atoms with Crippen molar-refractivity contribution in [3.63, 3.8) is 0 Å². The number of hydrogen-bond acceptors (Lipinski definition) is 4. The van der Waals surface area contributed by atoms with E-state index in [1.807, 2.05) is 37.3 Å². The van der Waals surface area contributed by atoms with Gasteiger partial charge in [0.15, 0.2) is 5.69 Å². The molecule has 0 saturated carbocycles. The van der Waals surface area contributed by atoms with Crippen LogP contribution in [0.3, 0.4) is 0 Å². The van der Waals surface area contributed by atoms with Gasteiger partial charge in [-0.05, 0) is 25.5 Å². The molecule has 2 aromatic heterocycles. The van der Waals surface area contributed by atoms with Gasteiger partial charge >= 0.3 is 5.97 Å². The molecule has 0 spiro atoms. The van der Waals surface area contributed by atoms with Crippen LogP contribution in [0.5, 0.6) is 0 Å². The lowest BCUT2D eigenvalue weighted by Gasteiger charge is -2.05. The van der Waals surface area contributed by atoms with E-state index < -0.39 is 5.97 Å². The molecule has 1 aromatic carbocycles. The topological polar surface area (TPSA) is 56.5 Å². The van der Waals surface area contributed by atoms with Crippen LogP contribution >= 0.6 is 0 Å². The number of carbonyl (C=O) groups is 1. The average Bonchev–Trinajstić information content (AvgIpc) is 2.92. The molecule has 0 atom stereocenters. The monoisotopic (exact) mass is 281 g/mol. The minimum absolute atomic E-state index is 0.268. The van der Waals surface area contributed by atoms with Gasteiger partial charge in [-0.15, -0.1) is 0 Å². The van der Waals surface area contributed by atoms with Crippen molar-refractivity contribution < 1.29 is 9.53 Å². The van der Waals surface area contributed by atoms with Gasteiger partial charge in [0.1, 0.15) is 0 Å². The molecule has 0 aliphatic heterocycles. The summed E-state index contributed by atoms with van der Waals surface area (Å²) in [6.07, 6.45) is 3.35. The van der Waals surface area contributed by atoms with Crippen LogP contribution in [0.1, 0.15) is 23.0 Å². The summed E-state index contributed by atoms with van der Waals surface area (Å²) in [5.41, 5.74) is 3.44. The molecule has 106 valence electrons. The van der Waals surface area contributed by atoms with Crippen molar-refractivity contribution in [1.82, 2.24) is 14.4 Å². The minimum atomic E-state index is -0.433. The van der Waals surface area contributed by atoms with Gasteiger partial charge in [0.2, 0.25) is 5.78 Å². The Labute approximate surface area is 122 Å². The number of hydrogen-bond donors (Lipinski definition) is 0. The van der Waals surface area contributed by atoms with Gasteiger partial charge in [-0.3, -0.25) is 4.40 Å². The normalized spacial score (nSPS) is 10.8. The predicted octanol–water partition coefficient (Wildman–Crippen LogP) is 2.88. The molecule has 0 amide bonds. The summed E-state index contributed by atoms with van der Waals surface area (Å²) in [5.74, 6) is 0.0500. The zero-order chi connectivity index (χ0) is 14.8. The summed E-state index contributed by atoms with van der Waals surface area (Å²) in [6.45, 7) is 4.14. The molecule has 0 bridgehead atoms. The first kappa shape index (κ1) is 13.3. The molecule has 0 aliphatic carbocycles. The molecule has 21 heavy (non-hydrogen) atoms. The van der Waals surface area contributed by atoms with E-state index in [9.17, 15) is 4.79 Å². The third-order valence-electron chi connectivity index (χ3n) is 3.20. The van der Waals surface area contributed by atoms with Crippen LogP contribution in [0.4, 0.5) is 0 Å². The van der Waals surface area contributed by atoms with Crippen LogP contribution in [0.15, 0.2) is 42.7 Å². The van der Waals surface area contributed by atoms with E-state index in [4.69, 9.17) is 4.74 Å². The number of ether oxygens (including phenoxy) is 1. The van der Waals surface area contributed by atoms with E-state index >= 15 is 0 Å². The SMILES string of the molecule is CCOC(=O)c1cn2c(-c3ccc(C)cc3)ccnc2n1. The van der Waals surface area contributed by atoms with Gasteiger partial charge in [0.25, 0.3) is 0 Å². The van der Waals surface area contributed by atoms with E-state index in [0.717, 1.165) is 11.3 Å². The highest BCUT2D eigenvalue weighted by Gasteiger charge is 2.14. The Morgan fingerprint density at radius 2 is 2.00 bits per heavy atom. The maximum Gasteiger partial charge on any atom is 0.358 e. The molecule has 0 unspecified atom stereocenters. The highest BCUT2D eigenvalue weighted by Crippen LogP contribution is 2.20. The molecule has 0 radical (unpaired) electrons. The number of rotatable bonds is 3. The molecule has 3 rings (SSSR count). The molecule has 5 heteroatoms. The van der Waals surface area contributed by atoms with Crippen molar-refractivity contribution in [2.75, 3.05) is 6.61 Å². The van der Waals surface area contributed by atoms with Crippen LogP contribution in [0.2, 0.25) is 0 Å². The third kappa shape index (κ3) is 2.50. The van der Waals surface area contributed by atoms with Gasteiger partial charge < -0.3 is 4.74 Å². The summed E-state index contributed by atoms with van der Waals surface area (Å²) in [5, 5.41) is 0. The maximum absolute atomic E-state index is 11.8. The van der Waals surface area contributed by atoms with E-state index in [1.165, 1.54) is 5.56 Å². The lowest BCUT2D eigenvalue weighted by molar-refractivity contribution is 0.0520. The van der Waals surface area contributed by atoms with E-state index in [0.29, 0.717) is 12.4 Å². The van der Waals surface area contributed by atoms with Gasteiger partial charge in [-0.25, -0.2) is 14.8 Å². The Balaban J connectivity index is 2.11. The zero-order valence-electron chi connectivity index (χ0n) is 11.9. The largest absolute Gasteiger partial charge is 0.461 e. The lowest BCUT2D eigenvalue weighted by atomic mass is 10.1. The van der Waals surface area contributed by atoms with Crippen molar-refractivity contribution in [1.29, 1.82) is 0 Å². The first-order valence-electron chi connectivity index (χ1n) is 6.77. The van der Waals surface area contributed by atoms with Crippen molar-refractivity contribution in [3.8, 4) is 11.3 Å². The number of carbonyl (C=O) groups excluding carboxylic acids is 1. The quantitative estimate of drug-likeness (QED) is 0.693.